The number of carboxylic acids is 2. The lowest BCUT2D eigenvalue weighted by molar-refractivity contribution is -0.155. The van der Waals surface area contributed by atoms with E-state index in [4.69, 9.17) is 14.9 Å². The number of hydrogen-bond donors (Lipinski definition) is 3. The molecule has 130 valence electrons. The molecule has 0 aromatic carbocycles. The second-order valence-corrected chi connectivity index (χ2v) is 5.80. The molecule has 0 aliphatic heterocycles. The second kappa shape index (κ2) is 11.0. The number of aliphatic carboxylic acids is 2. The number of carbonyl (C=O) groups excluding carboxylic acids is 1. The molecular formula is C15H29NO6. The van der Waals surface area contributed by atoms with Gasteiger partial charge in [0.05, 0.1) is 18.4 Å². The van der Waals surface area contributed by atoms with Gasteiger partial charge in [0.15, 0.2) is 0 Å². The van der Waals surface area contributed by atoms with E-state index in [9.17, 15) is 14.4 Å². The molecule has 5 N–H and O–H groups in total. The summed E-state index contributed by atoms with van der Waals surface area (Å²) < 4.78 is 4.80. The Morgan fingerprint density at radius 3 is 2.09 bits per heavy atom. The third-order valence-electron chi connectivity index (χ3n) is 3.73. The highest BCUT2D eigenvalue weighted by atomic mass is 16.5. The molecule has 7 nitrogen and oxygen atoms in total. The molecule has 2 unspecified atom stereocenters. The smallest absolute Gasteiger partial charge is 0.311 e. The van der Waals surface area contributed by atoms with Crippen molar-refractivity contribution in [2.75, 3.05) is 7.11 Å². The Hall–Kier alpha value is -1.63. The highest BCUT2D eigenvalue weighted by Gasteiger charge is 2.36. The molecule has 0 aromatic rings. The third-order valence-corrected chi connectivity index (χ3v) is 3.73. The van der Waals surface area contributed by atoms with Gasteiger partial charge in [0, 0.05) is 6.42 Å². The van der Waals surface area contributed by atoms with E-state index in [0.717, 1.165) is 19.3 Å². The maximum Gasteiger partial charge on any atom is 0.311 e. The van der Waals surface area contributed by atoms with Crippen LogP contribution in [0, 0.1) is 11.3 Å². The van der Waals surface area contributed by atoms with Crippen molar-refractivity contribution in [1.82, 2.24) is 6.15 Å². The number of hydrogen-bond acceptors (Lipinski definition) is 5. The molecule has 0 aromatic heterocycles. The first-order chi connectivity index (χ1) is 9.73. The molecule has 0 rings (SSSR count). The van der Waals surface area contributed by atoms with Crippen molar-refractivity contribution in [3.05, 3.63) is 0 Å². The zero-order chi connectivity index (χ0) is 16.5. The lowest BCUT2D eigenvalue weighted by atomic mass is 9.77. The average molecular weight is 319 g/mol. The Kier molecular flexibility index (Phi) is 11.3. The van der Waals surface area contributed by atoms with E-state index in [-0.39, 0.29) is 25.0 Å². The van der Waals surface area contributed by atoms with E-state index in [2.05, 4.69) is 0 Å². The first kappa shape index (κ1) is 22.6. The van der Waals surface area contributed by atoms with Gasteiger partial charge >= 0.3 is 17.9 Å². The van der Waals surface area contributed by atoms with Gasteiger partial charge in [-0.2, -0.15) is 0 Å². The van der Waals surface area contributed by atoms with Crippen molar-refractivity contribution >= 4 is 17.9 Å². The van der Waals surface area contributed by atoms with Gasteiger partial charge in [-0.3, -0.25) is 14.4 Å². The van der Waals surface area contributed by atoms with E-state index in [1.165, 1.54) is 7.11 Å². The van der Waals surface area contributed by atoms with Gasteiger partial charge in [-0.05, 0) is 26.2 Å². The molecule has 22 heavy (non-hydrogen) atoms. The minimum Gasteiger partial charge on any atom is -0.481 e. The van der Waals surface area contributed by atoms with Crippen LogP contribution < -0.4 is 6.15 Å². The Morgan fingerprint density at radius 1 is 1.09 bits per heavy atom. The van der Waals surface area contributed by atoms with Gasteiger partial charge in [0.25, 0.3) is 0 Å². The summed E-state index contributed by atoms with van der Waals surface area (Å²) in [6, 6.07) is 0. The maximum absolute atomic E-state index is 11.9. The maximum atomic E-state index is 11.9. The molecule has 7 heteroatoms. The second-order valence-electron chi connectivity index (χ2n) is 5.80. The summed E-state index contributed by atoms with van der Waals surface area (Å²) in [7, 11) is 1.30. The van der Waals surface area contributed by atoms with Gasteiger partial charge < -0.3 is 21.1 Å². The average Bonchev–Trinajstić information content (AvgIpc) is 2.41. The van der Waals surface area contributed by atoms with Gasteiger partial charge in [0.2, 0.25) is 0 Å². The molecule has 2 atom stereocenters. The normalized spacial score (nSPS) is 14.3. The highest BCUT2D eigenvalue weighted by molar-refractivity contribution is 5.78. The fourth-order valence-electron chi connectivity index (χ4n) is 2.44. The molecule has 0 amide bonds. The van der Waals surface area contributed by atoms with Crippen LogP contribution in [0.25, 0.3) is 0 Å². The quantitative estimate of drug-likeness (QED) is 0.393. The predicted molar refractivity (Wildman–Crippen MR) is 81.9 cm³/mol. The Bertz CT molecular complexity index is 371. The van der Waals surface area contributed by atoms with Crippen molar-refractivity contribution in [3.8, 4) is 0 Å². The zero-order valence-electron chi connectivity index (χ0n) is 13.8. The molecule has 0 heterocycles. The van der Waals surface area contributed by atoms with E-state index in [1.54, 1.807) is 13.8 Å². The highest BCUT2D eigenvalue weighted by Crippen LogP contribution is 2.33. The number of methoxy groups -OCH3 is 1. The minimum atomic E-state index is -0.924. The van der Waals surface area contributed by atoms with Gasteiger partial charge in [0.1, 0.15) is 0 Å². The molecule has 0 bridgehead atoms. The number of carboxylic acid groups (broad SMARTS) is 2. The standard InChI is InChI=1S/C15H26O6.H3N/c1-11(13(18)19)10-15(2,14(20)21-3)9-7-5-4-6-8-12(16)17;/h11H,4-10H2,1-3H3,(H,16,17)(H,18,19);1H3. The fourth-order valence-corrected chi connectivity index (χ4v) is 2.44. The first-order valence-corrected chi connectivity index (χ1v) is 7.26. The number of carbonyl (C=O) groups is 3. The summed E-state index contributed by atoms with van der Waals surface area (Å²) in [6.45, 7) is 3.31. The van der Waals surface area contributed by atoms with Gasteiger partial charge in [-0.1, -0.05) is 26.2 Å². The van der Waals surface area contributed by atoms with E-state index < -0.39 is 23.3 Å². The summed E-state index contributed by atoms with van der Waals surface area (Å²) in [4.78, 5) is 33.3. The van der Waals surface area contributed by atoms with Crippen molar-refractivity contribution in [2.45, 2.75) is 58.8 Å². The number of esters is 1. The van der Waals surface area contributed by atoms with Crippen LogP contribution in [0.15, 0.2) is 0 Å². The SMILES string of the molecule is COC(=O)C(C)(CCCCCCC(=O)O)CC(C)C(=O)O.N. The zero-order valence-corrected chi connectivity index (χ0v) is 13.8. The van der Waals surface area contributed by atoms with Gasteiger partial charge in [-0.15, -0.1) is 0 Å². The summed E-state index contributed by atoms with van der Waals surface area (Å²) in [5.74, 6) is -2.72. The first-order valence-electron chi connectivity index (χ1n) is 7.26. The molecule has 0 spiro atoms. The molecule has 0 fully saturated rings. The Balaban J connectivity index is 0. The van der Waals surface area contributed by atoms with Gasteiger partial charge in [-0.25, -0.2) is 0 Å². The summed E-state index contributed by atoms with van der Waals surface area (Å²) in [5.41, 5.74) is -0.806. The molecule has 0 aliphatic rings. The van der Waals surface area contributed by atoms with Crippen LogP contribution in [-0.2, 0) is 19.1 Å². The van der Waals surface area contributed by atoms with Crippen molar-refractivity contribution in [2.24, 2.45) is 11.3 Å². The molecule has 0 saturated carbocycles. The Labute approximate surface area is 131 Å². The molecule has 0 radical (unpaired) electrons. The number of ether oxygens (including phenoxy) is 1. The van der Waals surface area contributed by atoms with Crippen LogP contribution in [0.1, 0.15) is 58.8 Å². The molecule has 0 saturated heterocycles. The topological polar surface area (TPSA) is 136 Å². The van der Waals surface area contributed by atoms with Crippen LogP contribution >= 0.6 is 0 Å². The predicted octanol–water partition coefficient (Wildman–Crippen LogP) is 2.86. The lowest BCUT2D eigenvalue weighted by Gasteiger charge is -2.28. The van der Waals surface area contributed by atoms with Crippen LogP contribution in [0.5, 0.6) is 0 Å². The van der Waals surface area contributed by atoms with E-state index in [1.807, 2.05) is 0 Å². The lowest BCUT2D eigenvalue weighted by Crippen LogP contribution is -2.33. The fraction of sp³-hybridized carbons (Fsp3) is 0.800. The van der Waals surface area contributed by atoms with Crippen LogP contribution in [0.4, 0.5) is 0 Å². The van der Waals surface area contributed by atoms with Crippen LogP contribution in [0.2, 0.25) is 0 Å². The van der Waals surface area contributed by atoms with Crippen molar-refractivity contribution in [3.63, 3.8) is 0 Å². The molecular weight excluding hydrogens is 290 g/mol. The van der Waals surface area contributed by atoms with E-state index >= 15 is 0 Å². The summed E-state index contributed by atoms with van der Waals surface area (Å²) >= 11 is 0. The third kappa shape index (κ3) is 8.61. The Morgan fingerprint density at radius 2 is 1.64 bits per heavy atom. The molecule has 0 aliphatic carbocycles. The van der Waals surface area contributed by atoms with Crippen LogP contribution in [0.3, 0.4) is 0 Å². The summed E-state index contributed by atoms with van der Waals surface area (Å²) in [6.07, 6.45) is 3.92. The van der Waals surface area contributed by atoms with E-state index in [0.29, 0.717) is 12.8 Å². The number of unbranched alkanes of at least 4 members (excludes halogenated alkanes) is 3. The largest absolute Gasteiger partial charge is 0.481 e. The van der Waals surface area contributed by atoms with Crippen LogP contribution in [-0.4, -0.2) is 35.2 Å². The van der Waals surface area contributed by atoms with Crippen molar-refractivity contribution < 1.29 is 29.3 Å². The minimum absolute atomic E-state index is 0. The number of rotatable bonds is 11. The summed E-state index contributed by atoms with van der Waals surface area (Å²) in [5, 5.41) is 17.5. The van der Waals surface area contributed by atoms with Crippen molar-refractivity contribution in [1.29, 1.82) is 0 Å². The monoisotopic (exact) mass is 319 g/mol.